The van der Waals surface area contributed by atoms with Crippen LogP contribution in [0, 0.1) is 5.92 Å². The highest BCUT2D eigenvalue weighted by atomic mass is 32.2. The summed E-state index contributed by atoms with van der Waals surface area (Å²) in [5.74, 6) is 2.45. The highest BCUT2D eigenvalue weighted by molar-refractivity contribution is 7.99. The van der Waals surface area contributed by atoms with Crippen molar-refractivity contribution in [3.05, 3.63) is 11.7 Å². The highest BCUT2D eigenvalue weighted by Crippen LogP contribution is 2.18. The van der Waals surface area contributed by atoms with Gasteiger partial charge in [0.25, 0.3) is 0 Å². The molecule has 0 aromatic carbocycles. The van der Waals surface area contributed by atoms with Crippen LogP contribution in [0.25, 0.3) is 0 Å². The number of thioether (sulfide) groups is 1. The Morgan fingerprint density at radius 3 is 3.11 bits per heavy atom. The molecule has 0 spiro atoms. The van der Waals surface area contributed by atoms with Crippen LogP contribution >= 0.6 is 11.8 Å². The molecule has 19 heavy (non-hydrogen) atoms. The molecular formula is C12H19N3O3S. The average Bonchev–Trinajstić information content (AvgIpc) is 2.76. The van der Waals surface area contributed by atoms with Gasteiger partial charge < -0.3 is 9.63 Å². The van der Waals surface area contributed by atoms with Crippen LogP contribution in [0.4, 0.5) is 0 Å². The van der Waals surface area contributed by atoms with E-state index in [1.807, 2.05) is 4.90 Å². The summed E-state index contributed by atoms with van der Waals surface area (Å²) in [6.07, 6.45) is 0.755. The van der Waals surface area contributed by atoms with Crippen molar-refractivity contribution in [2.24, 2.45) is 5.92 Å². The highest BCUT2D eigenvalue weighted by Gasteiger charge is 2.29. The number of carboxylic acids is 1. The Labute approximate surface area is 116 Å². The Morgan fingerprint density at radius 2 is 2.42 bits per heavy atom. The first kappa shape index (κ1) is 14.3. The van der Waals surface area contributed by atoms with Crippen LogP contribution in [0.3, 0.4) is 0 Å². The zero-order chi connectivity index (χ0) is 13.8. The van der Waals surface area contributed by atoms with Crippen LogP contribution < -0.4 is 0 Å². The van der Waals surface area contributed by atoms with E-state index in [2.05, 4.69) is 24.0 Å². The van der Waals surface area contributed by atoms with E-state index in [4.69, 9.17) is 4.52 Å². The lowest BCUT2D eigenvalue weighted by Gasteiger charge is -2.31. The molecule has 2 heterocycles. The van der Waals surface area contributed by atoms with Crippen LogP contribution in [-0.4, -0.2) is 50.2 Å². The summed E-state index contributed by atoms with van der Waals surface area (Å²) in [6.45, 7) is 5.37. The van der Waals surface area contributed by atoms with E-state index in [0.717, 1.165) is 18.7 Å². The minimum Gasteiger partial charge on any atom is -0.480 e. The molecule has 1 aliphatic heterocycles. The van der Waals surface area contributed by atoms with Crippen molar-refractivity contribution in [2.45, 2.75) is 32.9 Å². The molecule has 1 fully saturated rings. The second kappa shape index (κ2) is 6.38. The lowest BCUT2D eigenvalue weighted by Crippen LogP contribution is -2.46. The van der Waals surface area contributed by atoms with Gasteiger partial charge in [-0.3, -0.25) is 9.69 Å². The van der Waals surface area contributed by atoms with Gasteiger partial charge >= 0.3 is 5.97 Å². The molecule has 7 heteroatoms. The fourth-order valence-corrected chi connectivity index (χ4v) is 3.13. The topological polar surface area (TPSA) is 79.5 Å². The van der Waals surface area contributed by atoms with Crippen LogP contribution in [0.2, 0.25) is 0 Å². The Hall–Kier alpha value is -1.08. The minimum absolute atomic E-state index is 0.444. The van der Waals surface area contributed by atoms with Crippen LogP contribution in [-0.2, 0) is 17.8 Å². The van der Waals surface area contributed by atoms with Gasteiger partial charge in [0.1, 0.15) is 6.04 Å². The molecule has 106 valence electrons. The van der Waals surface area contributed by atoms with Crippen molar-refractivity contribution >= 4 is 17.7 Å². The molecule has 1 aromatic heterocycles. The van der Waals surface area contributed by atoms with Gasteiger partial charge in [-0.2, -0.15) is 16.7 Å². The van der Waals surface area contributed by atoms with Crippen molar-refractivity contribution in [1.82, 2.24) is 15.0 Å². The Bertz CT molecular complexity index is 436. The fourth-order valence-electron chi connectivity index (χ4n) is 2.02. The smallest absolute Gasteiger partial charge is 0.321 e. The normalized spacial score (nSPS) is 20.9. The maximum Gasteiger partial charge on any atom is 0.321 e. The van der Waals surface area contributed by atoms with Gasteiger partial charge in [0.15, 0.2) is 5.82 Å². The van der Waals surface area contributed by atoms with Gasteiger partial charge in [-0.1, -0.05) is 19.0 Å². The molecule has 1 saturated heterocycles. The Morgan fingerprint density at radius 1 is 1.63 bits per heavy atom. The molecule has 1 atom stereocenters. The van der Waals surface area contributed by atoms with Crippen LogP contribution in [0.5, 0.6) is 0 Å². The molecule has 0 saturated carbocycles. The molecule has 6 nitrogen and oxygen atoms in total. The van der Waals surface area contributed by atoms with Gasteiger partial charge in [0, 0.05) is 24.5 Å². The second-order valence-corrected chi connectivity index (χ2v) is 6.25. The van der Waals surface area contributed by atoms with E-state index < -0.39 is 12.0 Å². The number of rotatable bonds is 5. The van der Waals surface area contributed by atoms with Crippen molar-refractivity contribution < 1.29 is 14.4 Å². The summed E-state index contributed by atoms with van der Waals surface area (Å²) in [5.41, 5.74) is 0. The SMILES string of the molecule is CC(C)Cc1nc(CN2CCSCC2C(=O)O)no1. The van der Waals surface area contributed by atoms with Gasteiger partial charge in [-0.25, -0.2) is 0 Å². The lowest BCUT2D eigenvalue weighted by atomic mass is 10.1. The van der Waals surface area contributed by atoms with E-state index >= 15 is 0 Å². The fraction of sp³-hybridized carbons (Fsp3) is 0.750. The maximum atomic E-state index is 11.2. The summed E-state index contributed by atoms with van der Waals surface area (Å²) in [4.78, 5) is 17.4. The van der Waals surface area contributed by atoms with Crippen molar-refractivity contribution in [3.63, 3.8) is 0 Å². The van der Waals surface area contributed by atoms with Gasteiger partial charge in [0.2, 0.25) is 5.89 Å². The minimum atomic E-state index is -0.780. The quantitative estimate of drug-likeness (QED) is 0.872. The summed E-state index contributed by atoms with van der Waals surface area (Å²) < 4.78 is 5.17. The summed E-state index contributed by atoms with van der Waals surface area (Å²) >= 11 is 1.67. The third kappa shape index (κ3) is 3.94. The largest absolute Gasteiger partial charge is 0.480 e. The van der Waals surface area contributed by atoms with Gasteiger partial charge in [-0.15, -0.1) is 0 Å². The average molecular weight is 285 g/mol. The van der Waals surface area contributed by atoms with Crippen LogP contribution in [0.15, 0.2) is 4.52 Å². The number of carbonyl (C=O) groups is 1. The zero-order valence-corrected chi connectivity index (χ0v) is 12.0. The third-order valence-corrected chi connectivity index (χ3v) is 3.98. The summed E-state index contributed by atoms with van der Waals surface area (Å²) in [6, 6.07) is -0.453. The predicted molar refractivity (Wildman–Crippen MR) is 72.0 cm³/mol. The monoisotopic (exact) mass is 285 g/mol. The molecule has 0 amide bonds. The van der Waals surface area contributed by atoms with Gasteiger partial charge in [-0.05, 0) is 5.92 Å². The van der Waals surface area contributed by atoms with E-state index in [9.17, 15) is 9.90 Å². The zero-order valence-electron chi connectivity index (χ0n) is 11.2. The third-order valence-electron chi connectivity index (χ3n) is 2.96. The van der Waals surface area contributed by atoms with E-state index in [-0.39, 0.29) is 0 Å². The number of hydrogen-bond donors (Lipinski definition) is 1. The van der Waals surface area contributed by atoms with E-state index in [1.165, 1.54) is 0 Å². The van der Waals surface area contributed by atoms with E-state index in [1.54, 1.807) is 11.8 Å². The van der Waals surface area contributed by atoms with Crippen molar-refractivity contribution in [1.29, 1.82) is 0 Å². The first-order valence-electron chi connectivity index (χ1n) is 6.42. The number of aliphatic carboxylic acids is 1. The first-order chi connectivity index (χ1) is 9.06. The number of hydrogen-bond acceptors (Lipinski definition) is 6. The molecule has 0 bridgehead atoms. The Kier molecular flexibility index (Phi) is 4.81. The molecule has 0 aliphatic carbocycles. The molecule has 0 radical (unpaired) electrons. The van der Waals surface area contributed by atoms with Crippen molar-refractivity contribution in [3.8, 4) is 0 Å². The second-order valence-electron chi connectivity index (χ2n) is 5.10. The molecular weight excluding hydrogens is 266 g/mol. The molecule has 1 aromatic rings. The lowest BCUT2D eigenvalue weighted by molar-refractivity contribution is -0.142. The Balaban J connectivity index is 1.98. The molecule has 1 aliphatic rings. The molecule has 1 N–H and O–H groups in total. The van der Waals surface area contributed by atoms with Gasteiger partial charge in [0.05, 0.1) is 6.54 Å². The van der Waals surface area contributed by atoms with Crippen LogP contribution in [0.1, 0.15) is 25.6 Å². The predicted octanol–water partition coefficient (Wildman–Crippen LogP) is 1.27. The number of aromatic nitrogens is 2. The number of nitrogens with zero attached hydrogens (tertiary/aromatic N) is 3. The van der Waals surface area contributed by atoms with E-state index in [0.29, 0.717) is 29.9 Å². The molecule has 1 unspecified atom stereocenters. The first-order valence-corrected chi connectivity index (χ1v) is 7.57. The standard InChI is InChI=1S/C12H19N3O3S/c1-8(2)5-11-13-10(14-18-11)6-15-3-4-19-7-9(15)12(16)17/h8-9H,3-7H2,1-2H3,(H,16,17). The summed E-state index contributed by atoms with van der Waals surface area (Å²) in [7, 11) is 0. The molecule has 2 rings (SSSR count). The van der Waals surface area contributed by atoms with Crippen molar-refractivity contribution in [2.75, 3.05) is 18.1 Å². The summed E-state index contributed by atoms with van der Waals surface area (Å²) in [5, 5.41) is 13.1. The maximum absolute atomic E-state index is 11.2. The number of carboxylic acid groups (broad SMARTS) is 1.